The molecule has 6 nitrogen and oxygen atoms in total. The number of anilines is 2. The summed E-state index contributed by atoms with van der Waals surface area (Å²) < 4.78 is 2.06. The number of hydrogen-bond acceptors (Lipinski definition) is 5. The van der Waals surface area contributed by atoms with Gasteiger partial charge in [0.1, 0.15) is 11.6 Å². The lowest BCUT2D eigenvalue weighted by Gasteiger charge is -2.31. The van der Waals surface area contributed by atoms with Crippen LogP contribution < -0.4 is 9.80 Å². The second-order valence-electron chi connectivity index (χ2n) is 10.4. The summed E-state index contributed by atoms with van der Waals surface area (Å²) in [4.78, 5) is 12.2. The highest BCUT2D eigenvalue weighted by molar-refractivity contribution is 5.66. The van der Waals surface area contributed by atoms with Crippen LogP contribution in [0.4, 0.5) is 11.6 Å². The van der Waals surface area contributed by atoms with E-state index in [1.807, 2.05) is 0 Å². The summed E-state index contributed by atoms with van der Waals surface area (Å²) in [5, 5.41) is 5.14. The Hall–Kier alpha value is -3.02. The van der Waals surface area contributed by atoms with Crippen LogP contribution in [0, 0.1) is 6.92 Å². The van der Waals surface area contributed by atoms with E-state index in [2.05, 4.69) is 84.1 Å². The maximum atomic E-state index is 5.14. The first-order chi connectivity index (χ1) is 17.0. The zero-order chi connectivity index (χ0) is 24.5. The Morgan fingerprint density at radius 2 is 1.74 bits per heavy atom. The minimum absolute atomic E-state index is 0.135. The molecule has 1 fully saturated rings. The molecule has 3 aromatic rings. The van der Waals surface area contributed by atoms with Gasteiger partial charge in [-0.1, -0.05) is 37.6 Å². The summed E-state index contributed by atoms with van der Waals surface area (Å²) in [6.45, 7) is 12.2. The number of rotatable bonds is 2. The van der Waals surface area contributed by atoms with Gasteiger partial charge in [0, 0.05) is 57.1 Å². The normalized spacial score (nSPS) is 19.8. The Kier molecular flexibility index (Phi) is 6.72. The standard InChI is InChI=1S/C29H40N6/c1-6-26-25-19-28-30-27(34-16-10-11-17-34)20-29(35(28)31-25)32(4)15-9-7-8-12-23-14-13-21(2)18-24(23)22(3)33(26)5/h13-14,18-20,26H,3,6-12,15-17H2,1-2,4-5H3. The third-order valence-corrected chi connectivity index (χ3v) is 7.87. The van der Waals surface area contributed by atoms with Gasteiger partial charge in [-0.25, -0.2) is 4.98 Å². The molecule has 2 aliphatic rings. The summed E-state index contributed by atoms with van der Waals surface area (Å²) in [6, 6.07) is 11.4. The minimum atomic E-state index is 0.135. The molecule has 0 spiro atoms. The summed E-state index contributed by atoms with van der Waals surface area (Å²) in [5.74, 6) is 2.22. The zero-order valence-corrected chi connectivity index (χ0v) is 21.9. The average Bonchev–Trinajstić information content (AvgIpc) is 3.53. The van der Waals surface area contributed by atoms with Crippen LogP contribution in [0.5, 0.6) is 0 Å². The van der Waals surface area contributed by atoms with Gasteiger partial charge >= 0.3 is 0 Å². The zero-order valence-electron chi connectivity index (χ0n) is 21.9. The van der Waals surface area contributed by atoms with E-state index < -0.39 is 0 Å². The number of aryl methyl sites for hydroxylation is 2. The highest BCUT2D eigenvalue weighted by Gasteiger charge is 2.25. The molecule has 186 valence electrons. The molecule has 0 amide bonds. The van der Waals surface area contributed by atoms with Gasteiger partial charge in [0.15, 0.2) is 5.65 Å². The third-order valence-electron chi connectivity index (χ3n) is 7.87. The van der Waals surface area contributed by atoms with Crippen LogP contribution in [-0.4, -0.2) is 53.2 Å². The van der Waals surface area contributed by atoms with Crippen LogP contribution in [0.2, 0.25) is 0 Å². The van der Waals surface area contributed by atoms with E-state index in [-0.39, 0.29) is 6.04 Å². The molecule has 1 aromatic carbocycles. The Morgan fingerprint density at radius 1 is 0.971 bits per heavy atom. The Balaban J connectivity index is 1.61. The molecule has 1 atom stereocenters. The van der Waals surface area contributed by atoms with E-state index in [1.54, 1.807) is 0 Å². The molecule has 1 unspecified atom stereocenters. The van der Waals surface area contributed by atoms with Crippen molar-refractivity contribution in [1.82, 2.24) is 19.5 Å². The van der Waals surface area contributed by atoms with Crippen molar-refractivity contribution in [3.8, 4) is 0 Å². The SMILES string of the molecule is C=C1c2cc(C)ccc2CCCCCN(C)c2cc(N3CCCC3)nc3cc(nn23)C(CC)N1C. The quantitative estimate of drug-likeness (QED) is 0.468. The van der Waals surface area contributed by atoms with E-state index in [9.17, 15) is 0 Å². The maximum Gasteiger partial charge on any atom is 0.160 e. The predicted molar refractivity (Wildman–Crippen MR) is 146 cm³/mol. The number of hydrogen-bond donors (Lipinski definition) is 0. The van der Waals surface area contributed by atoms with E-state index in [4.69, 9.17) is 10.1 Å². The number of benzene rings is 1. The summed E-state index contributed by atoms with van der Waals surface area (Å²) in [7, 11) is 4.37. The van der Waals surface area contributed by atoms with Crippen molar-refractivity contribution in [2.24, 2.45) is 0 Å². The smallest absolute Gasteiger partial charge is 0.160 e. The minimum Gasteiger partial charge on any atom is -0.366 e. The van der Waals surface area contributed by atoms with E-state index >= 15 is 0 Å². The Morgan fingerprint density at radius 3 is 2.51 bits per heavy atom. The van der Waals surface area contributed by atoms with Gasteiger partial charge < -0.3 is 14.7 Å². The molecular weight excluding hydrogens is 432 g/mol. The summed E-state index contributed by atoms with van der Waals surface area (Å²) in [5.41, 5.74) is 7.02. The summed E-state index contributed by atoms with van der Waals surface area (Å²) in [6.07, 6.45) is 8.08. The molecular formula is C29H40N6. The average molecular weight is 473 g/mol. The monoisotopic (exact) mass is 472 g/mol. The molecule has 35 heavy (non-hydrogen) atoms. The molecule has 1 saturated heterocycles. The maximum absolute atomic E-state index is 5.14. The first kappa shape index (κ1) is 23.7. The van der Waals surface area contributed by atoms with Crippen molar-refractivity contribution in [2.45, 2.75) is 64.8 Å². The van der Waals surface area contributed by atoms with Crippen molar-refractivity contribution >= 4 is 23.0 Å². The van der Waals surface area contributed by atoms with Crippen LogP contribution in [-0.2, 0) is 6.42 Å². The van der Waals surface area contributed by atoms with Crippen molar-refractivity contribution in [3.63, 3.8) is 0 Å². The molecule has 0 radical (unpaired) electrons. The predicted octanol–water partition coefficient (Wildman–Crippen LogP) is 5.85. The van der Waals surface area contributed by atoms with Crippen LogP contribution >= 0.6 is 0 Å². The van der Waals surface area contributed by atoms with E-state index in [0.29, 0.717) is 0 Å². The number of nitrogens with zero attached hydrogens (tertiary/aromatic N) is 6. The third kappa shape index (κ3) is 4.63. The van der Waals surface area contributed by atoms with E-state index in [1.165, 1.54) is 42.4 Å². The first-order valence-corrected chi connectivity index (χ1v) is 13.3. The molecule has 0 aliphatic carbocycles. The molecule has 2 aliphatic heterocycles. The fourth-order valence-corrected chi connectivity index (χ4v) is 5.70. The molecule has 2 bridgehead atoms. The molecule has 5 rings (SSSR count). The Bertz CT molecular complexity index is 1210. The van der Waals surface area contributed by atoms with Crippen molar-refractivity contribution in [3.05, 3.63) is 59.3 Å². The largest absolute Gasteiger partial charge is 0.366 e. The van der Waals surface area contributed by atoms with Gasteiger partial charge in [-0.15, -0.1) is 0 Å². The second-order valence-corrected chi connectivity index (χ2v) is 10.4. The lowest BCUT2D eigenvalue weighted by molar-refractivity contribution is 0.339. The first-order valence-electron chi connectivity index (χ1n) is 13.3. The van der Waals surface area contributed by atoms with Gasteiger partial charge in [-0.05, 0) is 57.1 Å². The number of fused-ring (bicyclic) bond motifs is 2. The fourth-order valence-electron chi connectivity index (χ4n) is 5.70. The number of aromatic nitrogens is 3. The molecule has 4 heterocycles. The van der Waals surface area contributed by atoms with Crippen molar-refractivity contribution in [2.75, 3.05) is 43.5 Å². The molecule has 0 saturated carbocycles. The molecule has 6 heteroatoms. The summed E-state index contributed by atoms with van der Waals surface area (Å²) >= 11 is 0. The molecule has 2 aromatic heterocycles. The van der Waals surface area contributed by atoms with Crippen molar-refractivity contribution < 1.29 is 0 Å². The lowest BCUT2D eigenvalue weighted by Crippen LogP contribution is -2.25. The van der Waals surface area contributed by atoms with Crippen LogP contribution in [0.15, 0.2) is 36.9 Å². The van der Waals surface area contributed by atoms with Gasteiger partial charge in [-0.3, -0.25) is 0 Å². The van der Waals surface area contributed by atoms with Crippen molar-refractivity contribution in [1.29, 1.82) is 0 Å². The topological polar surface area (TPSA) is 39.9 Å². The molecule has 0 N–H and O–H groups in total. The van der Waals surface area contributed by atoms with Gasteiger partial charge in [0.05, 0.1) is 11.7 Å². The van der Waals surface area contributed by atoms with Crippen LogP contribution in [0.3, 0.4) is 0 Å². The van der Waals surface area contributed by atoms with Crippen LogP contribution in [0.1, 0.15) is 73.9 Å². The van der Waals surface area contributed by atoms with Gasteiger partial charge in [-0.2, -0.15) is 9.61 Å². The van der Waals surface area contributed by atoms with Gasteiger partial charge in [0.25, 0.3) is 0 Å². The second kappa shape index (κ2) is 9.92. The fraction of sp³-hybridized carbons (Fsp3) is 0.517. The Labute approximate surface area is 210 Å². The van der Waals surface area contributed by atoms with Gasteiger partial charge in [0.2, 0.25) is 0 Å². The highest BCUT2D eigenvalue weighted by Crippen LogP contribution is 2.34. The van der Waals surface area contributed by atoms with E-state index in [0.717, 1.165) is 67.6 Å². The highest BCUT2D eigenvalue weighted by atomic mass is 15.4. The van der Waals surface area contributed by atoms with Crippen LogP contribution in [0.25, 0.3) is 11.3 Å². The lowest BCUT2D eigenvalue weighted by atomic mass is 9.96.